The third-order valence-corrected chi connectivity index (χ3v) is 2.90. The topological polar surface area (TPSA) is 182 Å². The Morgan fingerprint density at radius 3 is 1.25 bits per heavy atom. The van der Waals surface area contributed by atoms with Crippen molar-refractivity contribution in [3.63, 3.8) is 0 Å². The van der Waals surface area contributed by atoms with Gasteiger partial charge in [-0.2, -0.15) is 0 Å². The van der Waals surface area contributed by atoms with Gasteiger partial charge in [-0.15, -0.1) is 0 Å². The molecule has 6 N–H and O–H groups in total. The smallest absolute Gasteiger partial charge is 0.327 e. The van der Waals surface area contributed by atoms with Gasteiger partial charge in [-0.05, 0) is 13.3 Å². The SMILES string of the molecule is C=CC(=O)O.C=CC(=O)O.C=CC(=O)O.CCCOC(C)C(CO)(CO)CO. The Morgan fingerprint density at radius 1 is 0.857 bits per heavy atom. The lowest BCUT2D eigenvalue weighted by Crippen LogP contribution is -2.45. The molecular formula is C18H32O10. The van der Waals surface area contributed by atoms with E-state index in [2.05, 4.69) is 19.7 Å². The van der Waals surface area contributed by atoms with E-state index in [0.717, 1.165) is 24.6 Å². The Hall–Kier alpha value is -2.53. The molecule has 0 aliphatic rings. The standard InChI is InChI=1S/C9H20O4.3C3H4O2/c1-3-4-13-8(2)9(5-10,6-11)7-12;3*1-2-3(4)5/h8,10-12H,3-7H2,1-2H3;3*2H,1H2,(H,4,5). The summed E-state index contributed by atoms with van der Waals surface area (Å²) in [5.74, 6) is -2.94. The van der Waals surface area contributed by atoms with Crippen LogP contribution in [0.2, 0.25) is 0 Å². The van der Waals surface area contributed by atoms with E-state index in [9.17, 15) is 14.4 Å². The lowest BCUT2D eigenvalue weighted by atomic mass is 9.85. The normalized spacial score (nSPS) is 10.2. The minimum Gasteiger partial charge on any atom is -0.478 e. The number of carboxylic acids is 3. The maximum absolute atomic E-state index is 9.25. The summed E-state index contributed by atoms with van der Waals surface area (Å²) in [7, 11) is 0. The second kappa shape index (κ2) is 22.5. The zero-order chi connectivity index (χ0) is 23.2. The Labute approximate surface area is 164 Å². The Balaban J connectivity index is -0.000000159. The molecule has 0 heterocycles. The van der Waals surface area contributed by atoms with Crippen LogP contribution in [0.1, 0.15) is 20.3 Å². The van der Waals surface area contributed by atoms with E-state index in [1.165, 1.54) is 0 Å². The first kappa shape index (κ1) is 33.1. The molecule has 0 saturated carbocycles. The predicted molar refractivity (Wildman–Crippen MR) is 103 cm³/mol. The van der Waals surface area contributed by atoms with Crippen molar-refractivity contribution in [2.45, 2.75) is 26.4 Å². The highest BCUT2D eigenvalue weighted by Gasteiger charge is 2.35. The van der Waals surface area contributed by atoms with Gasteiger partial charge in [-0.25, -0.2) is 14.4 Å². The first-order valence-electron chi connectivity index (χ1n) is 7.98. The summed E-state index contributed by atoms with van der Waals surface area (Å²) in [5.41, 5.74) is -0.921. The van der Waals surface area contributed by atoms with Gasteiger partial charge in [-0.1, -0.05) is 26.7 Å². The number of aliphatic carboxylic acids is 3. The van der Waals surface area contributed by atoms with Crippen LogP contribution >= 0.6 is 0 Å². The second-order valence-corrected chi connectivity index (χ2v) is 4.98. The summed E-state index contributed by atoms with van der Waals surface area (Å²) in [6, 6.07) is 0. The first-order valence-corrected chi connectivity index (χ1v) is 7.98. The van der Waals surface area contributed by atoms with Gasteiger partial charge < -0.3 is 35.4 Å². The van der Waals surface area contributed by atoms with Gasteiger partial charge in [0.15, 0.2) is 0 Å². The summed E-state index contributed by atoms with van der Waals surface area (Å²) >= 11 is 0. The minimum atomic E-state index is -0.981. The van der Waals surface area contributed by atoms with Crippen LogP contribution < -0.4 is 0 Å². The van der Waals surface area contributed by atoms with Gasteiger partial charge in [0.25, 0.3) is 0 Å². The molecule has 0 aliphatic carbocycles. The highest BCUT2D eigenvalue weighted by molar-refractivity contribution is 5.79. The molecule has 0 saturated heterocycles. The molecule has 0 fully saturated rings. The molecule has 0 bridgehead atoms. The van der Waals surface area contributed by atoms with Gasteiger partial charge in [0.1, 0.15) is 0 Å². The predicted octanol–water partition coefficient (Wildman–Crippen LogP) is 0.536. The van der Waals surface area contributed by atoms with Crippen molar-refractivity contribution >= 4 is 17.9 Å². The monoisotopic (exact) mass is 408 g/mol. The van der Waals surface area contributed by atoms with Gasteiger partial charge in [0.05, 0.1) is 31.3 Å². The van der Waals surface area contributed by atoms with Crippen molar-refractivity contribution in [2.75, 3.05) is 26.4 Å². The van der Waals surface area contributed by atoms with E-state index in [0.29, 0.717) is 6.61 Å². The lowest BCUT2D eigenvalue weighted by molar-refractivity contribution is -0.132. The molecule has 0 aliphatic heterocycles. The van der Waals surface area contributed by atoms with E-state index in [4.69, 9.17) is 35.4 Å². The third kappa shape index (κ3) is 23.5. The molecule has 10 nitrogen and oxygen atoms in total. The molecule has 0 rings (SSSR count). The van der Waals surface area contributed by atoms with Crippen LogP contribution in [0.15, 0.2) is 38.0 Å². The molecule has 0 amide bonds. The molecule has 1 unspecified atom stereocenters. The Morgan fingerprint density at radius 2 is 1.11 bits per heavy atom. The van der Waals surface area contributed by atoms with Crippen LogP contribution in [0.5, 0.6) is 0 Å². The minimum absolute atomic E-state index is 0.273. The summed E-state index contributed by atoms with van der Waals surface area (Å²) in [4.78, 5) is 27.8. The number of carboxylic acid groups (broad SMARTS) is 3. The average Bonchev–Trinajstić information content (AvgIpc) is 2.69. The number of aliphatic hydroxyl groups is 3. The first-order chi connectivity index (χ1) is 13.0. The van der Waals surface area contributed by atoms with Crippen LogP contribution in [0, 0.1) is 5.41 Å². The maximum Gasteiger partial charge on any atom is 0.327 e. The largest absolute Gasteiger partial charge is 0.478 e. The van der Waals surface area contributed by atoms with Crippen molar-refractivity contribution in [2.24, 2.45) is 5.41 Å². The van der Waals surface area contributed by atoms with E-state index in [1.54, 1.807) is 6.92 Å². The van der Waals surface area contributed by atoms with Crippen LogP contribution in [0.4, 0.5) is 0 Å². The molecule has 10 heteroatoms. The van der Waals surface area contributed by atoms with E-state index in [1.807, 2.05) is 6.92 Å². The number of carbonyl (C=O) groups is 3. The van der Waals surface area contributed by atoms with Gasteiger partial charge in [-0.3, -0.25) is 0 Å². The molecule has 1 atom stereocenters. The lowest BCUT2D eigenvalue weighted by Gasteiger charge is -2.33. The van der Waals surface area contributed by atoms with E-state index in [-0.39, 0.29) is 25.9 Å². The number of ether oxygens (including phenoxy) is 1. The Bertz CT molecular complexity index is 404. The summed E-state index contributed by atoms with van der Waals surface area (Å²) in [6.07, 6.45) is 3.04. The number of hydrogen-bond donors (Lipinski definition) is 6. The molecule has 0 aromatic carbocycles. The highest BCUT2D eigenvalue weighted by Crippen LogP contribution is 2.22. The van der Waals surface area contributed by atoms with E-state index >= 15 is 0 Å². The third-order valence-electron chi connectivity index (χ3n) is 2.90. The zero-order valence-electron chi connectivity index (χ0n) is 16.3. The molecular weight excluding hydrogens is 376 g/mol. The van der Waals surface area contributed by atoms with Crippen molar-refractivity contribution in [1.29, 1.82) is 0 Å². The fourth-order valence-corrected chi connectivity index (χ4v) is 1.01. The van der Waals surface area contributed by atoms with Gasteiger partial charge >= 0.3 is 17.9 Å². The number of aliphatic hydroxyl groups excluding tert-OH is 3. The number of rotatable bonds is 10. The van der Waals surface area contributed by atoms with Gasteiger partial charge in [0, 0.05) is 24.8 Å². The van der Waals surface area contributed by atoms with Crippen LogP contribution in [0.3, 0.4) is 0 Å². The second-order valence-electron chi connectivity index (χ2n) is 4.98. The fourth-order valence-electron chi connectivity index (χ4n) is 1.01. The van der Waals surface area contributed by atoms with Crippen molar-refractivity contribution in [3.8, 4) is 0 Å². The van der Waals surface area contributed by atoms with Crippen LogP contribution in [-0.4, -0.2) is 81.1 Å². The zero-order valence-corrected chi connectivity index (χ0v) is 16.3. The molecule has 0 spiro atoms. The van der Waals surface area contributed by atoms with E-state index < -0.39 is 23.3 Å². The molecule has 28 heavy (non-hydrogen) atoms. The van der Waals surface area contributed by atoms with Crippen LogP contribution in [0.25, 0.3) is 0 Å². The molecule has 0 aromatic rings. The summed E-state index contributed by atoms with van der Waals surface area (Å²) in [5, 5.41) is 50.0. The summed E-state index contributed by atoms with van der Waals surface area (Å²) < 4.78 is 5.35. The maximum atomic E-state index is 9.25. The van der Waals surface area contributed by atoms with Gasteiger partial charge in [0.2, 0.25) is 0 Å². The van der Waals surface area contributed by atoms with Crippen molar-refractivity contribution in [3.05, 3.63) is 38.0 Å². The molecule has 0 aromatic heterocycles. The Kier molecular flexibility index (Phi) is 26.6. The fraction of sp³-hybridized carbons (Fsp3) is 0.500. The summed E-state index contributed by atoms with van der Waals surface area (Å²) in [6.45, 7) is 12.4. The molecule has 0 radical (unpaired) electrons. The number of hydrogen-bond acceptors (Lipinski definition) is 7. The van der Waals surface area contributed by atoms with Crippen LogP contribution in [-0.2, 0) is 19.1 Å². The molecule has 164 valence electrons. The quantitative estimate of drug-likeness (QED) is 0.279. The van der Waals surface area contributed by atoms with Crippen molar-refractivity contribution in [1.82, 2.24) is 0 Å². The highest BCUT2D eigenvalue weighted by atomic mass is 16.5. The van der Waals surface area contributed by atoms with Crippen molar-refractivity contribution < 1.29 is 49.8 Å². The average molecular weight is 408 g/mol.